The topological polar surface area (TPSA) is 20.3 Å². The second-order valence-electron chi connectivity index (χ2n) is 4.66. The van der Waals surface area contributed by atoms with Crippen molar-refractivity contribution in [2.45, 2.75) is 6.42 Å². The SMILES string of the molecule is C=CCN(CC=C)CCC(=O)c1cc2ccccc2s1. The molecule has 3 heteroatoms. The van der Waals surface area contributed by atoms with E-state index in [0.29, 0.717) is 6.42 Å². The summed E-state index contributed by atoms with van der Waals surface area (Å²) in [5, 5.41) is 1.15. The van der Waals surface area contributed by atoms with Crippen molar-refractivity contribution in [3.05, 3.63) is 60.5 Å². The summed E-state index contributed by atoms with van der Waals surface area (Å²) in [6.45, 7) is 9.78. The minimum atomic E-state index is 0.212. The third-order valence-corrected chi connectivity index (χ3v) is 4.29. The first-order chi connectivity index (χ1) is 9.74. The van der Waals surface area contributed by atoms with Gasteiger partial charge in [0.05, 0.1) is 4.88 Å². The molecule has 1 aromatic heterocycles. The molecule has 0 aliphatic rings. The van der Waals surface area contributed by atoms with Crippen LogP contribution < -0.4 is 0 Å². The molecule has 0 unspecified atom stereocenters. The number of hydrogen-bond acceptors (Lipinski definition) is 3. The van der Waals surface area contributed by atoms with E-state index in [2.05, 4.69) is 24.1 Å². The number of carbonyl (C=O) groups excluding carboxylic acids is 1. The highest BCUT2D eigenvalue weighted by atomic mass is 32.1. The third kappa shape index (κ3) is 3.65. The number of rotatable bonds is 8. The van der Waals surface area contributed by atoms with E-state index >= 15 is 0 Å². The average molecular weight is 285 g/mol. The van der Waals surface area contributed by atoms with E-state index in [0.717, 1.165) is 29.9 Å². The molecule has 0 radical (unpaired) electrons. The fraction of sp³-hybridized carbons (Fsp3) is 0.235. The second-order valence-corrected chi connectivity index (χ2v) is 5.74. The summed E-state index contributed by atoms with van der Waals surface area (Å²) in [7, 11) is 0. The van der Waals surface area contributed by atoms with Crippen LogP contribution in [-0.4, -0.2) is 30.3 Å². The van der Waals surface area contributed by atoms with Crippen molar-refractivity contribution in [1.82, 2.24) is 4.90 Å². The van der Waals surface area contributed by atoms with Gasteiger partial charge in [-0.15, -0.1) is 24.5 Å². The molecule has 0 bridgehead atoms. The number of ketones is 1. The van der Waals surface area contributed by atoms with Gasteiger partial charge in [-0.3, -0.25) is 9.69 Å². The summed E-state index contributed by atoms with van der Waals surface area (Å²) in [6.07, 6.45) is 4.25. The second kappa shape index (κ2) is 7.17. The molecule has 0 saturated carbocycles. The zero-order valence-corrected chi connectivity index (χ0v) is 12.4. The van der Waals surface area contributed by atoms with Crippen molar-refractivity contribution in [3.8, 4) is 0 Å². The first kappa shape index (κ1) is 14.7. The van der Waals surface area contributed by atoms with Gasteiger partial charge >= 0.3 is 0 Å². The van der Waals surface area contributed by atoms with Crippen LogP contribution in [0, 0.1) is 0 Å². The lowest BCUT2D eigenvalue weighted by atomic mass is 10.2. The highest BCUT2D eigenvalue weighted by molar-refractivity contribution is 7.20. The van der Waals surface area contributed by atoms with Crippen molar-refractivity contribution in [3.63, 3.8) is 0 Å². The lowest BCUT2D eigenvalue weighted by Gasteiger charge is -2.17. The standard InChI is InChI=1S/C17H19NOS/c1-3-10-18(11-4-2)12-9-15(19)17-13-14-7-5-6-8-16(14)20-17/h3-8,13H,1-2,9-12H2. The fourth-order valence-corrected chi connectivity index (χ4v) is 3.15. The molecule has 0 atom stereocenters. The summed E-state index contributed by atoms with van der Waals surface area (Å²) in [5.74, 6) is 0.212. The van der Waals surface area contributed by atoms with Gasteiger partial charge in [0.1, 0.15) is 0 Å². The van der Waals surface area contributed by atoms with Crippen LogP contribution in [0.4, 0.5) is 0 Å². The number of carbonyl (C=O) groups is 1. The molecule has 0 spiro atoms. The van der Waals surface area contributed by atoms with Crippen LogP contribution in [0.3, 0.4) is 0 Å². The number of hydrogen-bond donors (Lipinski definition) is 0. The number of thiophene rings is 1. The zero-order chi connectivity index (χ0) is 14.4. The quantitative estimate of drug-likeness (QED) is 0.536. The summed E-state index contributed by atoms with van der Waals surface area (Å²) in [5.41, 5.74) is 0. The van der Waals surface area contributed by atoms with Crippen molar-refractivity contribution in [2.24, 2.45) is 0 Å². The normalized spacial score (nSPS) is 10.8. The molecule has 2 aromatic rings. The van der Waals surface area contributed by atoms with Crippen LogP contribution in [0.25, 0.3) is 10.1 Å². The van der Waals surface area contributed by atoms with Crippen LogP contribution in [0.2, 0.25) is 0 Å². The molecule has 0 amide bonds. The van der Waals surface area contributed by atoms with E-state index in [9.17, 15) is 4.79 Å². The van der Waals surface area contributed by atoms with Crippen LogP contribution in [0.1, 0.15) is 16.1 Å². The Hall–Kier alpha value is -1.71. The lowest BCUT2D eigenvalue weighted by Crippen LogP contribution is -2.26. The van der Waals surface area contributed by atoms with E-state index < -0.39 is 0 Å². The largest absolute Gasteiger partial charge is 0.296 e. The molecule has 2 nitrogen and oxygen atoms in total. The predicted octanol–water partition coefficient (Wildman–Crippen LogP) is 4.15. The molecule has 20 heavy (non-hydrogen) atoms. The van der Waals surface area contributed by atoms with Gasteiger partial charge in [-0.25, -0.2) is 0 Å². The lowest BCUT2D eigenvalue weighted by molar-refractivity contribution is 0.0972. The molecule has 0 fully saturated rings. The van der Waals surface area contributed by atoms with Crippen molar-refractivity contribution in [1.29, 1.82) is 0 Å². The molecule has 0 aliphatic heterocycles. The van der Waals surface area contributed by atoms with Gasteiger partial charge in [0.15, 0.2) is 5.78 Å². The van der Waals surface area contributed by atoms with Crippen LogP contribution >= 0.6 is 11.3 Å². The van der Waals surface area contributed by atoms with E-state index in [1.165, 1.54) is 4.70 Å². The Morgan fingerprint density at radius 3 is 2.55 bits per heavy atom. The Labute approximate surface area is 124 Å². The average Bonchev–Trinajstić information content (AvgIpc) is 2.89. The molecule has 0 aliphatic carbocycles. The molecule has 104 valence electrons. The maximum atomic E-state index is 12.3. The molecule has 0 saturated heterocycles. The number of fused-ring (bicyclic) bond motifs is 1. The zero-order valence-electron chi connectivity index (χ0n) is 11.5. The Kier molecular flexibility index (Phi) is 5.27. The fourth-order valence-electron chi connectivity index (χ4n) is 2.12. The van der Waals surface area contributed by atoms with Gasteiger partial charge in [-0.2, -0.15) is 0 Å². The van der Waals surface area contributed by atoms with Gasteiger partial charge in [0.25, 0.3) is 0 Å². The van der Waals surface area contributed by atoms with Gasteiger partial charge in [0, 0.05) is 30.8 Å². The molecular weight excluding hydrogens is 266 g/mol. The Morgan fingerprint density at radius 1 is 1.20 bits per heavy atom. The molecule has 1 aromatic carbocycles. The first-order valence-corrected chi connectivity index (χ1v) is 7.52. The molecular formula is C17H19NOS. The Morgan fingerprint density at radius 2 is 1.90 bits per heavy atom. The van der Waals surface area contributed by atoms with Crippen molar-refractivity contribution in [2.75, 3.05) is 19.6 Å². The number of benzene rings is 1. The van der Waals surface area contributed by atoms with E-state index in [1.807, 2.05) is 36.4 Å². The van der Waals surface area contributed by atoms with Crippen LogP contribution in [-0.2, 0) is 0 Å². The smallest absolute Gasteiger partial charge is 0.174 e. The van der Waals surface area contributed by atoms with Gasteiger partial charge in [-0.05, 0) is 17.5 Å². The number of Topliss-reactive ketones (excluding diaryl/α,β-unsaturated/α-hetero) is 1. The van der Waals surface area contributed by atoms with E-state index in [1.54, 1.807) is 11.3 Å². The third-order valence-electron chi connectivity index (χ3n) is 3.13. The van der Waals surface area contributed by atoms with E-state index in [-0.39, 0.29) is 5.78 Å². The maximum Gasteiger partial charge on any atom is 0.174 e. The minimum absolute atomic E-state index is 0.212. The summed E-state index contributed by atoms with van der Waals surface area (Å²) < 4.78 is 1.17. The Bertz CT molecular complexity index is 571. The highest BCUT2D eigenvalue weighted by Crippen LogP contribution is 2.26. The van der Waals surface area contributed by atoms with Crippen LogP contribution in [0.5, 0.6) is 0 Å². The molecule has 2 rings (SSSR count). The summed E-state index contributed by atoms with van der Waals surface area (Å²) in [4.78, 5) is 15.3. The van der Waals surface area contributed by atoms with Crippen molar-refractivity contribution < 1.29 is 4.79 Å². The first-order valence-electron chi connectivity index (χ1n) is 6.70. The summed E-state index contributed by atoms with van der Waals surface area (Å²) >= 11 is 1.58. The number of nitrogens with zero attached hydrogens (tertiary/aromatic N) is 1. The van der Waals surface area contributed by atoms with E-state index in [4.69, 9.17) is 0 Å². The monoisotopic (exact) mass is 285 g/mol. The molecule has 0 N–H and O–H groups in total. The maximum absolute atomic E-state index is 12.3. The van der Waals surface area contributed by atoms with Gasteiger partial charge < -0.3 is 0 Å². The minimum Gasteiger partial charge on any atom is -0.296 e. The Balaban J connectivity index is 2.00. The highest BCUT2D eigenvalue weighted by Gasteiger charge is 2.11. The van der Waals surface area contributed by atoms with Gasteiger partial charge in [0.2, 0.25) is 0 Å². The summed E-state index contributed by atoms with van der Waals surface area (Å²) in [6, 6.07) is 10.1. The van der Waals surface area contributed by atoms with Gasteiger partial charge in [-0.1, -0.05) is 30.4 Å². The van der Waals surface area contributed by atoms with Crippen LogP contribution in [0.15, 0.2) is 55.6 Å². The predicted molar refractivity (Wildman–Crippen MR) is 87.6 cm³/mol. The van der Waals surface area contributed by atoms with Crippen molar-refractivity contribution >= 4 is 27.2 Å². The molecule has 1 heterocycles.